The first-order chi connectivity index (χ1) is 8.99. The summed E-state index contributed by atoms with van der Waals surface area (Å²) in [6, 6.07) is 0. The largest absolute Gasteiger partial charge is 0.391 e. The van der Waals surface area contributed by atoms with E-state index in [0.717, 1.165) is 4.57 Å². The topological polar surface area (TPSA) is 96.2 Å². The van der Waals surface area contributed by atoms with Crippen LogP contribution in [0.1, 0.15) is 6.42 Å². The number of anilines is 1. The molecule has 2 aromatic rings. The molecule has 19 heavy (non-hydrogen) atoms. The van der Waals surface area contributed by atoms with Gasteiger partial charge in [0.2, 0.25) is 5.95 Å². The van der Waals surface area contributed by atoms with E-state index in [1.807, 2.05) is 4.90 Å². The number of aromatic nitrogens is 4. The molecule has 2 aromatic heterocycles. The van der Waals surface area contributed by atoms with Gasteiger partial charge in [-0.2, -0.15) is 4.98 Å². The van der Waals surface area contributed by atoms with Crippen molar-refractivity contribution < 1.29 is 5.11 Å². The number of hydrogen-bond donors (Lipinski definition) is 2. The van der Waals surface area contributed by atoms with Crippen LogP contribution in [-0.2, 0) is 14.1 Å². The molecule has 3 heterocycles. The molecule has 1 aliphatic rings. The lowest BCUT2D eigenvalue weighted by molar-refractivity contribution is 0.198. The number of nitrogens with one attached hydrogen (secondary N) is 1. The Morgan fingerprint density at radius 2 is 2.05 bits per heavy atom. The van der Waals surface area contributed by atoms with Crippen molar-refractivity contribution in [3.05, 3.63) is 20.8 Å². The number of aromatic amines is 1. The van der Waals surface area contributed by atoms with E-state index < -0.39 is 11.2 Å². The minimum absolute atomic E-state index is 0.306. The number of aliphatic hydroxyl groups is 1. The van der Waals surface area contributed by atoms with Crippen molar-refractivity contribution in [1.82, 2.24) is 19.1 Å². The first-order valence-electron chi connectivity index (χ1n) is 6.08. The monoisotopic (exact) mass is 265 g/mol. The predicted octanol–water partition coefficient (Wildman–Crippen LogP) is -1.47. The normalized spacial score (nSPS) is 19.5. The number of fused-ring (bicyclic) bond motifs is 1. The van der Waals surface area contributed by atoms with Crippen molar-refractivity contribution in [2.75, 3.05) is 18.0 Å². The zero-order valence-corrected chi connectivity index (χ0v) is 10.8. The van der Waals surface area contributed by atoms with E-state index in [1.165, 1.54) is 11.6 Å². The lowest BCUT2D eigenvalue weighted by atomic mass is 10.3. The summed E-state index contributed by atoms with van der Waals surface area (Å²) >= 11 is 0. The molecule has 0 aliphatic carbocycles. The molecule has 0 saturated carbocycles. The number of rotatable bonds is 1. The van der Waals surface area contributed by atoms with Gasteiger partial charge in [0.15, 0.2) is 11.2 Å². The molecule has 3 rings (SSSR count). The fourth-order valence-electron chi connectivity index (χ4n) is 2.40. The number of aryl methyl sites for hydroxylation is 1. The van der Waals surface area contributed by atoms with Crippen LogP contribution in [0.2, 0.25) is 0 Å². The summed E-state index contributed by atoms with van der Waals surface area (Å²) in [4.78, 5) is 32.9. The third kappa shape index (κ3) is 1.67. The summed E-state index contributed by atoms with van der Waals surface area (Å²) < 4.78 is 2.38. The van der Waals surface area contributed by atoms with Crippen molar-refractivity contribution in [2.45, 2.75) is 12.5 Å². The van der Waals surface area contributed by atoms with Crippen LogP contribution in [0.4, 0.5) is 5.95 Å². The highest BCUT2D eigenvalue weighted by molar-refractivity contribution is 5.73. The predicted molar refractivity (Wildman–Crippen MR) is 69.4 cm³/mol. The summed E-state index contributed by atoms with van der Waals surface area (Å²) in [5, 5.41) is 9.53. The number of H-pyrrole nitrogens is 1. The van der Waals surface area contributed by atoms with Gasteiger partial charge in [-0.3, -0.25) is 13.9 Å². The summed E-state index contributed by atoms with van der Waals surface area (Å²) in [6.07, 6.45) is 0.299. The molecule has 1 unspecified atom stereocenters. The Hall–Kier alpha value is -2.09. The van der Waals surface area contributed by atoms with E-state index >= 15 is 0 Å². The van der Waals surface area contributed by atoms with Crippen molar-refractivity contribution in [3.8, 4) is 0 Å². The van der Waals surface area contributed by atoms with Crippen LogP contribution in [0.25, 0.3) is 11.2 Å². The van der Waals surface area contributed by atoms with Crippen LogP contribution >= 0.6 is 0 Å². The molecule has 8 heteroatoms. The van der Waals surface area contributed by atoms with Gasteiger partial charge in [-0.15, -0.1) is 0 Å². The van der Waals surface area contributed by atoms with Crippen molar-refractivity contribution in [3.63, 3.8) is 0 Å². The quantitative estimate of drug-likeness (QED) is 0.656. The maximum absolute atomic E-state index is 12.0. The highest BCUT2D eigenvalue weighted by atomic mass is 16.3. The van der Waals surface area contributed by atoms with Gasteiger partial charge in [0, 0.05) is 27.2 Å². The van der Waals surface area contributed by atoms with Crippen LogP contribution in [0.3, 0.4) is 0 Å². The van der Waals surface area contributed by atoms with Crippen LogP contribution < -0.4 is 16.1 Å². The van der Waals surface area contributed by atoms with E-state index in [4.69, 9.17) is 0 Å². The molecule has 2 N–H and O–H groups in total. The Balaban J connectivity index is 2.21. The van der Waals surface area contributed by atoms with E-state index in [2.05, 4.69) is 9.97 Å². The Labute approximate surface area is 107 Å². The van der Waals surface area contributed by atoms with Gasteiger partial charge in [-0.05, 0) is 6.42 Å². The maximum atomic E-state index is 12.0. The number of hydrogen-bond acceptors (Lipinski definition) is 5. The zero-order chi connectivity index (χ0) is 13.7. The second-order valence-corrected chi connectivity index (χ2v) is 4.85. The number of aliphatic hydroxyl groups excluding tert-OH is 1. The molecule has 1 saturated heterocycles. The van der Waals surface area contributed by atoms with Crippen LogP contribution in [-0.4, -0.2) is 43.4 Å². The minimum atomic E-state index is -0.406. The smallest absolute Gasteiger partial charge is 0.332 e. The van der Waals surface area contributed by atoms with Gasteiger partial charge >= 0.3 is 5.69 Å². The first kappa shape index (κ1) is 12.0. The fraction of sp³-hybridized carbons (Fsp3) is 0.545. The lowest BCUT2D eigenvalue weighted by Gasteiger charge is -2.12. The summed E-state index contributed by atoms with van der Waals surface area (Å²) in [5.41, 5.74) is -0.154. The second-order valence-electron chi connectivity index (χ2n) is 4.85. The van der Waals surface area contributed by atoms with Crippen LogP contribution in [0.5, 0.6) is 0 Å². The lowest BCUT2D eigenvalue weighted by Crippen LogP contribution is -2.36. The van der Waals surface area contributed by atoms with E-state index in [1.54, 1.807) is 7.05 Å². The number of imidazole rings is 1. The van der Waals surface area contributed by atoms with Gasteiger partial charge < -0.3 is 15.0 Å². The number of β-amino-alcohol motifs (C(OH)–C–C–N with tert-alkyl or cyclic N) is 1. The van der Waals surface area contributed by atoms with Gasteiger partial charge in [-0.25, -0.2) is 4.79 Å². The second kappa shape index (κ2) is 3.95. The molecular formula is C11H15N5O3. The van der Waals surface area contributed by atoms with E-state index in [9.17, 15) is 14.7 Å². The molecule has 0 bridgehead atoms. The van der Waals surface area contributed by atoms with Gasteiger partial charge in [0.25, 0.3) is 5.56 Å². The van der Waals surface area contributed by atoms with Crippen LogP contribution in [0.15, 0.2) is 9.59 Å². The first-order valence-corrected chi connectivity index (χ1v) is 6.08. The Morgan fingerprint density at radius 3 is 2.68 bits per heavy atom. The van der Waals surface area contributed by atoms with Crippen LogP contribution in [0, 0.1) is 0 Å². The molecule has 1 aliphatic heterocycles. The highest BCUT2D eigenvalue weighted by Gasteiger charge is 2.24. The summed E-state index contributed by atoms with van der Waals surface area (Å²) in [5.74, 6) is 0.518. The standard InChI is InChI=1S/C11H15N5O3/c1-14-8-7(9(18)15(2)11(14)19)12-10(13-8)16-4-3-6(17)5-16/h6,17H,3-5H2,1-2H3,(H,12,13). The van der Waals surface area contributed by atoms with E-state index in [0.29, 0.717) is 36.6 Å². The molecule has 0 radical (unpaired) electrons. The zero-order valence-electron chi connectivity index (χ0n) is 10.8. The van der Waals surface area contributed by atoms with Gasteiger partial charge in [0.1, 0.15) is 0 Å². The van der Waals surface area contributed by atoms with Gasteiger partial charge in [-0.1, -0.05) is 0 Å². The maximum Gasteiger partial charge on any atom is 0.332 e. The highest BCUT2D eigenvalue weighted by Crippen LogP contribution is 2.18. The van der Waals surface area contributed by atoms with Crippen molar-refractivity contribution in [1.29, 1.82) is 0 Å². The minimum Gasteiger partial charge on any atom is -0.391 e. The third-order valence-corrected chi connectivity index (χ3v) is 3.55. The molecule has 1 fully saturated rings. The summed E-state index contributed by atoms with van der Waals surface area (Å²) in [7, 11) is 3.01. The fourth-order valence-corrected chi connectivity index (χ4v) is 2.40. The molecule has 0 aromatic carbocycles. The average molecular weight is 265 g/mol. The average Bonchev–Trinajstić information content (AvgIpc) is 3.00. The Bertz CT molecular complexity index is 756. The molecule has 8 nitrogen and oxygen atoms in total. The molecule has 0 amide bonds. The third-order valence-electron chi connectivity index (χ3n) is 3.55. The molecule has 0 spiro atoms. The Morgan fingerprint density at radius 1 is 1.32 bits per heavy atom. The van der Waals surface area contributed by atoms with Gasteiger partial charge in [0.05, 0.1) is 6.10 Å². The molecule has 102 valence electrons. The Kier molecular flexibility index (Phi) is 2.49. The molecule has 1 atom stereocenters. The van der Waals surface area contributed by atoms with Crippen molar-refractivity contribution in [2.24, 2.45) is 14.1 Å². The number of nitrogens with zero attached hydrogens (tertiary/aromatic N) is 4. The SMILES string of the molecule is Cn1c(=O)c2[nH]c(N3CCC(O)C3)nc2n(C)c1=O. The molecular weight excluding hydrogens is 250 g/mol. The van der Waals surface area contributed by atoms with Crippen molar-refractivity contribution >= 4 is 17.1 Å². The summed E-state index contributed by atoms with van der Waals surface area (Å²) in [6.45, 7) is 1.16. The van der Waals surface area contributed by atoms with E-state index in [-0.39, 0.29) is 6.10 Å².